The molecule has 2 amide bonds. The maximum absolute atomic E-state index is 12.3. The van der Waals surface area contributed by atoms with E-state index in [0.29, 0.717) is 23.6 Å². The molecule has 0 heterocycles. The highest BCUT2D eigenvalue weighted by atomic mass is 16.3. The molecule has 0 fully saturated rings. The van der Waals surface area contributed by atoms with Gasteiger partial charge < -0.3 is 15.7 Å². The SMILES string of the molecule is CCC(C)C(C)(O)CNC(=O)c1ccc(NC(=O)CC(C)C)c(C)c1. The lowest BCUT2D eigenvalue weighted by Gasteiger charge is -2.29. The van der Waals surface area contributed by atoms with Crippen LogP contribution in [-0.2, 0) is 4.79 Å². The third-order valence-corrected chi connectivity index (χ3v) is 4.64. The Bertz CT molecular complexity index is 609. The number of hydrogen-bond acceptors (Lipinski definition) is 3. The highest BCUT2D eigenvalue weighted by Crippen LogP contribution is 2.20. The van der Waals surface area contributed by atoms with Crippen LogP contribution in [0.2, 0.25) is 0 Å². The summed E-state index contributed by atoms with van der Waals surface area (Å²) in [6, 6.07) is 5.18. The maximum Gasteiger partial charge on any atom is 0.251 e. The first kappa shape index (κ1) is 21.2. The number of benzene rings is 1. The molecule has 0 bridgehead atoms. The predicted molar refractivity (Wildman–Crippen MR) is 102 cm³/mol. The van der Waals surface area contributed by atoms with Crippen LogP contribution in [0.25, 0.3) is 0 Å². The molecule has 1 rings (SSSR count). The van der Waals surface area contributed by atoms with Gasteiger partial charge in [0.05, 0.1) is 5.60 Å². The Kier molecular flexibility index (Phi) is 7.61. The van der Waals surface area contributed by atoms with Gasteiger partial charge in [0, 0.05) is 24.2 Å². The van der Waals surface area contributed by atoms with Gasteiger partial charge >= 0.3 is 0 Å². The van der Waals surface area contributed by atoms with Gasteiger partial charge in [0.25, 0.3) is 5.91 Å². The quantitative estimate of drug-likeness (QED) is 0.673. The van der Waals surface area contributed by atoms with Crippen LogP contribution in [0.4, 0.5) is 5.69 Å². The van der Waals surface area contributed by atoms with Crippen LogP contribution < -0.4 is 10.6 Å². The minimum atomic E-state index is -0.940. The van der Waals surface area contributed by atoms with E-state index in [1.54, 1.807) is 25.1 Å². The summed E-state index contributed by atoms with van der Waals surface area (Å²) < 4.78 is 0. The molecule has 140 valence electrons. The second-order valence-electron chi connectivity index (χ2n) is 7.52. The lowest BCUT2D eigenvalue weighted by atomic mass is 9.88. The van der Waals surface area contributed by atoms with Gasteiger partial charge in [-0.25, -0.2) is 0 Å². The molecule has 1 aromatic carbocycles. The number of rotatable bonds is 8. The molecule has 2 atom stereocenters. The molecule has 0 spiro atoms. The first-order valence-corrected chi connectivity index (χ1v) is 8.97. The van der Waals surface area contributed by atoms with Gasteiger partial charge in [-0.1, -0.05) is 34.1 Å². The van der Waals surface area contributed by atoms with Gasteiger partial charge in [0.15, 0.2) is 0 Å². The first-order chi connectivity index (χ1) is 11.6. The summed E-state index contributed by atoms with van der Waals surface area (Å²) >= 11 is 0. The van der Waals surface area contributed by atoms with E-state index in [-0.39, 0.29) is 24.3 Å². The number of anilines is 1. The largest absolute Gasteiger partial charge is 0.388 e. The van der Waals surface area contributed by atoms with E-state index >= 15 is 0 Å². The van der Waals surface area contributed by atoms with Crippen molar-refractivity contribution in [3.8, 4) is 0 Å². The van der Waals surface area contributed by atoms with Crippen LogP contribution in [0, 0.1) is 18.8 Å². The molecule has 25 heavy (non-hydrogen) atoms. The molecule has 0 aliphatic carbocycles. The van der Waals surface area contributed by atoms with Gasteiger partial charge in [0.2, 0.25) is 5.91 Å². The van der Waals surface area contributed by atoms with Crippen LogP contribution in [0.3, 0.4) is 0 Å². The summed E-state index contributed by atoms with van der Waals surface area (Å²) in [5.41, 5.74) is 1.12. The molecule has 0 saturated carbocycles. The summed E-state index contributed by atoms with van der Waals surface area (Å²) in [5, 5.41) is 16.1. The molecule has 0 saturated heterocycles. The molecule has 0 aromatic heterocycles. The van der Waals surface area contributed by atoms with Crippen molar-refractivity contribution in [2.24, 2.45) is 11.8 Å². The monoisotopic (exact) mass is 348 g/mol. The normalized spacial score (nSPS) is 14.7. The second kappa shape index (κ2) is 8.99. The van der Waals surface area contributed by atoms with Gasteiger partial charge in [-0.15, -0.1) is 0 Å². The fourth-order valence-electron chi connectivity index (χ4n) is 2.49. The Balaban J connectivity index is 2.72. The summed E-state index contributed by atoms with van der Waals surface area (Å²) in [6.45, 7) is 11.8. The van der Waals surface area contributed by atoms with Crippen LogP contribution in [0.5, 0.6) is 0 Å². The van der Waals surface area contributed by atoms with Crippen molar-refractivity contribution in [1.82, 2.24) is 5.32 Å². The van der Waals surface area contributed by atoms with Crippen LogP contribution in [-0.4, -0.2) is 29.1 Å². The van der Waals surface area contributed by atoms with E-state index < -0.39 is 5.60 Å². The Morgan fingerprint density at radius 2 is 1.88 bits per heavy atom. The van der Waals surface area contributed by atoms with Crippen molar-refractivity contribution in [3.63, 3.8) is 0 Å². The highest BCUT2D eigenvalue weighted by Gasteiger charge is 2.27. The van der Waals surface area contributed by atoms with E-state index in [1.165, 1.54) is 0 Å². The molecule has 5 heteroatoms. The van der Waals surface area contributed by atoms with Gasteiger partial charge in [-0.3, -0.25) is 9.59 Å². The number of aliphatic hydroxyl groups is 1. The average molecular weight is 348 g/mol. The summed E-state index contributed by atoms with van der Waals surface area (Å²) in [5.74, 6) is 0.128. The zero-order chi connectivity index (χ0) is 19.2. The minimum absolute atomic E-state index is 0.0279. The minimum Gasteiger partial charge on any atom is -0.388 e. The van der Waals surface area contributed by atoms with Crippen molar-refractivity contribution < 1.29 is 14.7 Å². The molecule has 1 aromatic rings. The number of aryl methyl sites for hydroxylation is 1. The Morgan fingerprint density at radius 1 is 1.24 bits per heavy atom. The lowest BCUT2D eigenvalue weighted by molar-refractivity contribution is -0.116. The zero-order valence-electron chi connectivity index (χ0n) is 16.3. The fourth-order valence-corrected chi connectivity index (χ4v) is 2.49. The van der Waals surface area contributed by atoms with E-state index in [1.807, 2.05) is 34.6 Å². The zero-order valence-corrected chi connectivity index (χ0v) is 16.3. The van der Waals surface area contributed by atoms with Crippen molar-refractivity contribution in [2.75, 3.05) is 11.9 Å². The first-order valence-electron chi connectivity index (χ1n) is 8.97. The number of amides is 2. The van der Waals surface area contributed by atoms with E-state index in [2.05, 4.69) is 10.6 Å². The number of carbonyl (C=O) groups is 2. The lowest BCUT2D eigenvalue weighted by Crippen LogP contribution is -2.45. The molecule has 2 unspecified atom stereocenters. The molecule has 0 aliphatic rings. The summed E-state index contributed by atoms with van der Waals surface area (Å²) in [7, 11) is 0. The van der Waals surface area contributed by atoms with Gasteiger partial charge in [-0.05, 0) is 49.4 Å². The Hall–Kier alpha value is -1.88. The van der Waals surface area contributed by atoms with E-state index in [4.69, 9.17) is 0 Å². The summed E-state index contributed by atoms with van der Waals surface area (Å²) in [4.78, 5) is 24.2. The maximum atomic E-state index is 12.3. The van der Waals surface area contributed by atoms with Crippen molar-refractivity contribution >= 4 is 17.5 Å². The number of nitrogens with one attached hydrogen (secondary N) is 2. The molecular weight excluding hydrogens is 316 g/mol. The standard InChI is InChI=1S/C20H32N2O3/c1-7-15(5)20(6,25)12-21-19(24)16-8-9-17(14(4)11-16)22-18(23)10-13(2)3/h8-9,11,13,15,25H,7,10,12H2,1-6H3,(H,21,24)(H,22,23). The smallest absolute Gasteiger partial charge is 0.251 e. The van der Waals surface area contributed by atoms with Crippen molar-refractivity contribution in [1.29, 1.82) is 0 Å². The van der Waals surface area contributed by atoms with E-state index in [9.17, 15) is 14.7 Å². The molecule has 5 nitrogen and oxygen atoms in total. The van der Waals surface area contributed by atoms with Gasteiger partial charge in [-0.2, -0.15) is 0 Å². The third-order valence-electron chi connectivity index (χ3n) is 4.64. The Labute approximate surface area is 151 Å². The number of hydrogen-bond donors (Lipinski definition) is 3. The molecule has 0 radical (unpaired) electrons. The van der Waals surface area contributed by atoms with Crippen LogP contribution in [0.15, 0.2) is 18.2 Å². The highest BCUT2D eigenvalue weighted by molar-refractivity contribution is 5.96. The molecule has 0 aliphatic heterocycles. The predicted octanol–water partition coefficient (Wildman–Crippen LogP) is 3.51. The number of carbonyl (C=O) groups excluding carboxylic acids is 2. The van der Waals surface area contributed by atoms with E-state index in [0.717, 1.165) is 12.0 Å². The van der Waals surface area contributed by atoms with Crippen LogP contribution >= 0.6 is 0 Å². The van der Waals surface area contributed by atoms with Crippen molar-refractivity contribution in [3.05, 3.63) is 29.3 Å². The topological polar surface area (TPSA) is 78.4 Å². The van der Waals surface area contributed by atoms with Crippen molar-refractivity contribution in [2.45, 2.75) is 60.0 Å². The average Bonchev–Trinajstić information content (AvgIpc) is 2.52. The third kappa shape index (κ3) is 6.50. The molecular formula is C20H32N2O3. The Morgan fingerprint density at radius 3 is 2.40 bits per heavy atom. The molecule has 3 N–H and O–H groups in total. The van der Waals surface area contributed by atoms with Crippen LogP contribution in [0.1, 0.15) is 63.4 Å². The summed E-state index contributed by atoms with van der Waals surface area (Å²) in [6.07, 6.45) is 1.30. The second-order valence-corrected chi connectivity index (χ2v) is 7.52. The van der Waals surface area contributed by atoms with Gasteiger partial charge in [0.1, 0.15) is 0 Å². The fraction of sp³-hybridized carbons (Fsp3) is 0.600.